The van der Waals surface area contributed by atoms with Crippen LogP contribution in [0.3, 0.4) is 0 Å². The van der Waals surface area contributed by atoms with E-state index >= 15 is 0 Å². The molecule has 3 rings (SSSR count). The molecule has 2 aromatic rings. The molecule has 0 saturated heterocycles. The molecule has 2 N–H and O–H groups in total. The van der Waals surface area contributed by atoms with Crippen molar-refractivity contribution in [3.63, 3.8) is 0 Å². The summed E-state index contributed by atoms with van der Waals surface area (Å²) in [7, 11) is 0. The molecule has 5 heteroatoms. The summed E-state index contributed by atoms with van der Waals surface area (Å²) in [5.74, 6) is 1.52. The summed E-state index contributed by atoms with van der Waals surface area (Å²) in [6.45, 7) is 3.94. The van der Waals surface area contributed by atoms with Gasteiger partial charge in [-0.05, 0) is 36.8 Å². The van der Waals surface area contributed by atoms with Crippen LogP contribution in [0.15, 0.2) is 42.5 Å². The van der Waals surface area contributed by atoms with Crippen LogP contribution < -0.4 is 20.1 Å². The van der Waals surface area contributed by atoms with Gasteiger partial charge in [0.2, 0.25) is 0 Å². The third-order valence-corrected chi connectivity index (χ3v) is 3.62. The van der Waals surface area contributed by atoms with Gasteiger partial charge in [0.1, 0.15) is 13.2 Å². The van der Waals surface area contributed by atoms with Crippen molar-refractivity contribution >= 4 is 23.0 Å². The molecule has 0 spiro atoms. The molecular weight excluding hydrogens is 296 g/mol. The Morgan fingerprint density at radius 1 is 1.05 bits per heavy atom. The summed E-state index contributed by atoms with van der Waals surface area (Å²) in [5.41, 5.74) is 3.32. The lowest BCUT2D eigenvalue weighted by Gasteiger charge is -2.19. The van der Waals surface area contributed by atoms with Gasteiger partial charge in [-0.25, -0.2) is 0 Å². The number of hydrogen-bond acceptors (Lipinski definition) is 3. The first-order valence-electron chi connectivity index (χ1n) is 7.21. The zero-order valence-electron chi connectivity index (χ0n) is 12.4. The predicted octanol–water partition coefficient (Wildman–Crippen LogP) is 3.25. The SMILES string of the molecule is Cc1ccc(CNC(=S)Nc2ccc3c(c2)OCCO3)cc1. The van der Waals surface area contributed by atoms with Crippen LogP contribution in [0.4, 0.5) is 5.69 Å². The minimum absolute atomic E-state index is 0.576. The number of benzene rings is 2. The predicted molar refractivity (Wildman–Crippen MR) is 91.7 cm³/mol. The molecule has 0 bridgehead atoms. The quantitative estimate of drug-likeness (QED) is 0.851. The van der Waals surface area contributed by atoms with E-state index in [1.165, 1.54) is 11.1 Å². The van der Waals surface area contributed by atoms with Crippen molar-refractivity contribution in [2.24, 2.45) is 0 Å². The fraction of sp³-hybridized carbons (Fsp3) is 0.235. The van der Waals surface area contributed by atoms with Crippen LogP contribution in [0.25, 0.3) is 0 Å². The maximum Gasteiger partial charge on any atom is 0.171 e. The Bertz CT molecular complexity index is 671. The van der Waals surface area contributed by atoms with Gasteiger partial charge in [-0.1, -0.05) is 29.8 Å². The summed E-state index contributed by atoms with van der Waals surface area (Å²) in [6.07, 6.45) is 0. The first-order valence-corrected chi connectivity index (χ1v) is 7.61. The van der Waals surface area contributed by atoms with Gasteiger partial charge < -0.3 is 20.1 Å². The first kappa shape index (κ1) is 14.7. The summed E-state index contributed by atoms with van der Waals surface area (Å²) in [4.78, 5) is 0. The molecule has 114 valence electrons. The molecule has 22 heavy (non-hydrogen) atoms. The highest BCUT2D eigenvalue weighted by atomic mass is 32.1. The zero-order valence-corrected chi connectivity index (χ0v) is 13.2. The van der Waals surface area contributed by atoms with Crippen molar-refractivity contribution in [3.05, 3.63) is 53.6 Å². The van der Waals surface area contributed by atoms with Gasteiger partial charge in [-0.3, -0.25) is 0 Å². The molecule has 0 atom stereocenters. The Balaban J connectivity index is 1.56. The molecule has 1 aliphatic rings. The minimum Gasteiger partial charge on any atom is -0.486 e. The summed E-state index contributed by atoms with van der Waals surface area (Å²) in [5, 5.41) is 6.93. The van der Waals surface area contributed by atoms with E-state index in [4.69, 9.17) is 21.7 Å². The first-order chi connectivity index (χ1) is 10.7. The highest BCUT2D eigenvalue weighted by Gasteiger charge is 2.11. The number of ether oxygens (including phenoxy) is 2. The Labute approximate surface area is 135 Å². The number of anilines is 1. The zero-order chi connectivity index (χ0) is 15.4. The molecule has 0 aromatic heterocycles. The van der Waals surface area contributed by atoms with Crippen molar-refractivity contribution in [2.75, 3.05) is 18.5 Å². The molecule has 0 fully saturated rings. The van der Waals surface area contributed by atoms with Crippen molar-refractivity contribution in [1.82, 2.24) is 5.32 Å². The second kappa shape index (κ2) is 6.66. The van der Waals surface area contributed by atoms with E-state index in [2.05, 4.69) is 41.8 Å². The number of nitrogens with one attached hydrogen (secondary N) is 2. The van der Waals surface area contributed by atoms with E-state index in [0.717, 1.165) is 17.2 Å². The average Bonchev–Trinajstić information content (AvgIpc) is 2.54. The number of fused-ring (bicyclic) bond motifs is 1. The van der Waals surface area contributed by atoms with Gasteiger partial charge in [0.05, 0.1) is 0 Å². The number of aryl methyl sites for hydroxylation is 1. The van der Waals surface area contributed by atoms with Crippen LogP contribution in [0.5, 0.6) is 11.5 Å². The maximum absolute atomic E-state index is 5.56. The molecule has 4 nitrogen and oxygen atoms in total. The molecule has 0 aliphatic carbocycles. The molecule has 2 aromatic carbocycles. The third kappa shape index (κ3) is 3.68. The maximum atomic E-state index is 5.56. The van der Waals surface area contributed by atoms with E-state index in [0.29, 0.717) is 24.9 Å². The second-order valence-electron chi connectivity index (χ2n) is 5.15. The van der Waals surface area contributed by atoms with Crippen molar-refractivity contribution in [1.29, 1.82) is 0 Å². The van der Waals surface area contributed by atoms with Crippen LogP contribution in [0.2, 0.25) is 0 Å². The van der Waals surface area contributed by atoms with Crippen LogP contribution in [0.1, 0.15) is 11.1 Å². The Hall–Kier alpha value is -2.27. The van der Waals surface area contributed by atoms with E-state index < -0.39 is 0 Å². The van der Waals surface area contributed by atoms with Crippen molar-refractivity contribution in [2.45, 2.75) is 13.5 Å². The molecule has 1 heterocycles. The molecule has 0 saturated carbocycles. The highest BCUT2D eigenvalue weighted by molar-refractivity contribution is 7.80. The fourth-order valence-electron chi connectivity index (χ4n) is 2.18. The van der Waals surface area contributed by atoms with Crippen molar-refractivity contribution < 1.29 is 9.47 Å². The Morgan fingerprint density at radius 2 is 1.77 bits per heavy atom. The lowest BCUT2D eigenvalue weighted by atomic mass is 10.1. The molecular formula is C17H18N2O2S. The Kier molecular flexibility index (Phi) is 4.44. The number of hydrogen-bond donors (Lipinski definition) is 2. The van der Waals surface area contributed by atoms with Crippen molar-refractivity contribution in [3.8, 4) is 11.5 Å². The third-order valence-electron chi connectivity index (χ3n) is 3.37. The van der Waals surface area contributed by atoms with E-state index in [1.54, 1.807) is 0 Å². The molecule has 0 radical (unpaired) electrons. The van der Waals surface area contributed by atoms with Gasteiger partial charge >= 0.3 is 0 Å². The number of rotatable bonds is 3. The van der Waals surface area contributed by atoms with Gasteiger partial charge in [0.25, 0.3) is 0 Å². The molecule has 1 aliphatic heterocycles. The monoisotopic (exact) mass is 314 g/mol. The average molecular weight is 314 g/mol. The normalized spacial score (nSPS) is 12.6. The Morgan fingerprint density at radius 3 is 2.55 bits per heavy atom. The largest absolute Gasteiger partial charge is 0.486 e. The fourth-order valence-corrected chi connectivity index (χ4v) is 2.37. The van der Waals surface area contributed by atoms with Gasteiger partial charge in [0, 0.05) is 18.3 Å². The second-order valence-corrected chi connectivity index (χ2v) is 5.56. The summed E-state index contributed by atoms with van der Waals surface area (Å²) in [6, 6.07) is 14.1. The molecule has 0 amide bonds. The summed E-state index contributed by atoms with van der Waals surface area (Å²) < 4.78 is 11.1. The van der Waals surface area contributed by atoms with Crippen LogP contribution >= 0.6 is 12.2 Å². The molecule has 0 unspecified atom stereocenters. The van der Waals surface area contributed by atoms with E-state index in [1.807, 2.05) is 18.2 Å². The topological polar surface area (TPSA) is 42.5 Å². The van der Waals surface area contributed by atoms with Gasteiger partial charge in [0.15, 0.2) is 16.6 Å². The van der Waals surface area contributed by atoms with E-state index in [9.17, 15) is 0 Å². The lowest BCUT2D eigenvalue weighted by molar-refractivity contribution is 0.171. The number of thiocarbonyl (C=S) groups is 1. The minimum atomic E-state index is 0.576. The van der Waals surface area contributed by atoms with Crippen LogP contribution in [-0.4, -0.2) is 18.3 Å². The van der Waals surface area contributed by atoms with Crippen LogP contribution in [-0.2, 0) is 6.54 Å². The van der Waals surface area contributed by atoms with E-state index in [-0.39, 0.29) is 0 Å². The van der Waals surface area contributed by atoms with Gasteiger partial charge in [-0.15, -0.1) is 0 Å². The smallest absolute Gasteiger partial charge is 0.171 e. The van der Waals surface area contributed by atoms with Gasteiger partial charge in [-0.2, -0.15) is 0 Å². The highest BCUT2D eigenvalue weighted by Crippen LogP contribution is 2.32. The standard InChI is InChI=1S/C17H18N2O2S/c1-12-2-4-13(5-3-12)11-18-17(22)19-14-6-7-15-16(10-14)21-9-8-20-15/h2-7,10H,8-9,11H2,1H3,(H2,18,19,22). The summed E-state index contributed by atoms with van der Waals surface area (Å²) >= 11 is 5.32. The van der Waals surface area contributed by atoms with Crippen LogP contribution in [0, 0.1) is 6.92 Å². The lowest BCUT2D eigenvalue weighted by Crippen LogP contribution is -2.28.